The number of rotatable bonds is 7. The van der Waals surface area contributed by atoms with E-state index >= 15 is 0 Å². The van der Waals surface area contributed by atoms with Crippen LogP contribution >= 0.6 is 11.8 Å². The summed E-state index contributed by atoms with van der Waals surface area (Å²) in [6.07, 6.45) is 7.04. The zero-order valence-corrected chi connectivity index (χ0v) is 21.4. The average molecular weight is 527 g/mol. The number of hydrogen-bond donors (Lipinski definition) is 2. The van der Waals surface area contributed by atoms with Crippen molar-refractivity contribution in [1.82, 2.24) is 25.6 Å². The highest BCUT2D eigenvalue weighted by molar-refractivity contribution is 8.18. The van der Waals surface area contributed by atoms with Crippen LogP contribution in [-0.4, -0.2) is 45.7 Å². The van der Waals surface area contributed by atoms with E-state index in [1.54, 1.807) is 24.6 Å². The molecule has 2 saturated heterocycles. The summed E-state index contributed by atoms with van der Waals surface area (Å²) >= 11 is 0.888. The quantitative estimate of drug-likeness (QED) is 0.333. The number of benzene rings is 1. The van der Waals surface area contributed by atoms with Crippen molar-refractivity contribution in [1.29, 1.82) is 0 Å². The highest BCUT2D eigenvalue weighted by Crippen LogP contribution is 2.27. The second kappa shape index (κ2) is 10.8. The van der Waals surface area contributed by atoms with Gasteiger partial charge in [-0.2, -0.15) is 0 Å². The van der Waals surface area contributed by atoms with E-state index in [4.69, 9.17) is 9.40 Å². The number of nitrogens with zero attached hydrogens (tertiary/aromatic N) is 4. The second-order valence-corrected chi connectivity index (χ2v) is 10.4. The average Bonchev–Trinajstić information content (AvgIpc) is 3.59. The van der Waals surface area contributed by atoms with Gasteiger partial charge in [0.05, 0.1) is 22.6 Å². The zero-order valence-electron chi connectivity index (χ0n) is 20.6. The SMILES string of the molecule is O=C1NC(=O)/C(=C/c2ccnc(N3CCC(CNCc4nc(-c5ccco5)cc5ccccc45)CC3)n2)S1. The van der Waals surface area contributed by atoms with Crippen molar-refractivity contribution in [2.24, 2.45) is 5.92 Å². The van der Waals surface area contributed by atoms with Crippen LogP contribution in [0.15, 0.2) is 70.3 Å². The molecular formula is C28H26N6O3S. The molecule has 5 heterocycles. The fraction of sp³-hybridized carbons (Fsp3) is 0.250. The Hall–Kier alpha value is -4.02. The number of furan rings is 1. The van der Waals surface area contributed by atoms with Crippen LogP contribution in [0.2, 0.25) is 0 Å². The first kappa shape index (κ1) is 24.3. The molecule has 0 atom stereocenters. The van der Waals surface area contributed by atoms with Crippen LogP contribution < -0.4 is 15.5 Å². The van der Waals surface area contributed by atoms with Gasteiger partial charge in [0.15, 0.2) is 5.76 Å². The van der Waals surface area contributed by atoms with E-state index in [1.165, 1.54) is 0 Å². The molecule has 2 aliphatic rings. The third-order valence-electron chi connectivity index (χ3n) is 6.80. The number of fused-ring (bicyclic) bond motifs is 1. The predicted octanol–water partition coefficient (Wildman–Crippen LogP) is 4.61. The molecule has 2 N–H and O–H groups in total. The second-order valence-electron chi connectivity index (χ2n) is 9.35. The summed E-state index contributed by atoms with van der Waals surface area (Å²) in [4.78, 5) is 39.7. The van der Waals surface area contributed by atoms with E-state index in [1.807, 2.05) is 24.3 Å². The highest BCUT2D eigenvalue weighted by Gasteiger charge is 2.26. The minimum Gasteiger partial charge on any atom is -0.463 e. The van der Waals surface area contributed by atoms with Gasteiger partial charge in [-0.25, -0.2) is 15.0 Å². The molecule has 38 heavy (non-hydrogen) atoms. The molecule has 3 aromatic heterocycles. The highest BCUT2D eigenvalue weighted by atomic mass is 32.2. The van der Waals surface area contributed by atoms with E-state index in [-0.39, 0.29) is 11.1 Å². The number of nitrogens with one attached hydrogen (secondary N) is 2. The number of pyridine rings is 1. The first-order valence-corrected chi connectivity index (χ1v) is 13.4. The summed E-state index contributed by atoms with van der Waals surface area (Å²) in [5.74, 6) is 1.57. The lowest BCUT2D eigenvalue weighted by atomic mass is 9.97. The van der Waals surface area contributed by atoms with Crippen LogP contribution in [0.5, 0.6) is 0 Å². The van der Waals surface area contributed by atoms with Crippen molar-refractivity contribution in [3.05, 3.63) is 77.3 Å². The Bertz CT molecular complexity index is 1510. The number of thioether (sulfide) groups is 1. The Morgan fingerprint density at radius 2 is 1.97 bits per heavy atom. The Morgan fingerprint density at radius 3 is 2.76 bits per heavy atom. The van der Waals surface area contributed by atoms with Gasteiger partial charge in [0.1, 0.15) is 5.69 Å². The van der Waals surface area contributed by atoms with Crippen molar-refractivity contribution >= 4 is 45.7 Å². The van der Waals surface area contributed by atoms with Crippen LogP contribution in [0.1, 0.15) is 24.2 Å². The lowest BCUT2D eigenvalue weighted by Gasteiger charge is -2.32. The third-order valence-corrected chi connectivity index (χ3v) is 7.61. The Balaban J connectivity index is 1.06. The predicted molar refractivity (Wildman–Crippen MR) is 147 cm³/mol. The number of hydrogen-bond acceptors (Lipinski definition) is 9. The molecule has 0 saturated carbocycles. The molecule has 0 unspecified atom stereocenters. The molecular weight excluding hydrogens is 500 g/mol. The summed E-state index contributed by atoms with van der Waals surface area (Å²) in [7, 11) is 0. The van der Waals surface area contributed by atoms with Gasteiger partial charge in [0, 0.05) is 31.2 Å². The van der Waals surface area contributed by atoms with E-state index in [2.05, 4.69) is 43.7 Å². The fourth-order valence-corrected chi connectivity index (χ4v) is 5.50. The maximum atomic E-state index is 11.8. The first-order chi connectivity index (χ1) is 18.6. The Morgan fingerprint density at radius 1 is 1.11 bits per heavy atom. The number of amides is 2. The molecule has 2 aliphatic heterocycles. The van der Waals surface area contributed by atoms with E-state index in [0.717, 1.165) is 72.2 Å². The maximum absolute atomic E-state index is 11.8. The molecule has 9 nitrogen and oxygen atoms in total. The molecule has 0 radical (unpaired) electrons. The van der Waals surface area contributed by atoms with Crippen molar-refractivity contribution in [3.63, 3.8) is 0 Å². The van der Waals surface area contributed by atoms with E-state index in [9.17, 15) is 9.59 Å². The van der Waals surface area contributed by atoms with Crippen molar-refractivity contribution < 1.29 is 14.0 Å². The van der Waals surface area contributed by atoms with Crippen LogP contribution in [0, 0.1) is 5.92 Å². The maximum Gasteiger partial charge on any atom is 0.290 e. The van der Waals surface area contributed by atoms with Gasteiger partial charge in [-0.3, -0.25) is 14.9 Å². The molecule has 6 rings (SSSR count). The molecule has 1 aromatic carbocycles. The molecule has 4 aromatic rings. The number of piperidine rings is 1. The molecule has 10 heteroatoms. The molecule has 2 amide bonds. The summed E-state index contributed by atoms with van der Waals surface area (Å²) in [5, 5.41) is 7.83. The monoisotopic (exact) mass is 526 g/mol. The van der Waals surface area contributed by atoms with E-state index in [0.29, 0.717) is 29.0 Å². The summed E-state index contributed by atoms with van der Waals surface area (Å²) < 4.78 is 5.59. The van der Waals surface area contributed by atoms with Crippen molar-refractivity contribution in [2.45, 2.75) is 19.4 Å². The van der Waals surface area contributed by atoms with Crippen LogP contribution in [0.4, 0.5) is 10.7 Å². The number of anilines is 1. The smallest absolute Gasteiger partial charge is 0.290 e. The van der Waals surface area contributed by atoms with Gasteiger partial charge in [-0.1, -0.05) is 24.3 Å². The van der Waals surface area contributed by atoms with Gasteiger partial charge in [0.25, 0.3) is 11.1 Å². The van der Waals surface area contributed by atoms with Crippen molar-refractivity contribution in [2.75, 3.05) is 24.5 Å². The standard InChI is InChI=1S/C28H26N6O3S/c35-26-25(38-28(36)33-26)15-20-7-10-30-27(31-20)34-11-8-18(9-12-34)16-29-17-23-21-5-2-1-4-19(21)14-22(32-23)24-6-3-13-37-24/h1-7,10,13-15,18,29H,8-9,11-12,16-17H2,(H,33,35,36)/b25-15-. The fourth-order valence-electron chi connectivity index (χ4n) is 4.84. The topological polar surface area (TPSA) is 113 Å². The summed E-state index contributed by atoms with van der Waals surface area (Å²) in [5.41, 5.74) is 2.47. The Labute approximate surface area is 223 Å². The molecule has 0 aliphatic carbocycles. The van der Waals surface area contributed by atoms with Gasteiger partial charge in [-0.15, -0.1) is 0 Å². The summed E-state index contributed by atoms with van der Waals surface area (Å²) in [6, 6.07) is 15.9. The van der Waals surface area contributed by atoms with Gasteiger partial charge < -0.3 is 14.6 Å². The largest absolute Gasteiger partial charge is 0.463 e. The molecule has 0 bridgehead atoms. The van der Waals surface area contributed by atoms with Crippen LogP contribution in [0.3, 0.4) is 0 Å². The van der Waals surface area contributed by atoms with Gasteiger partial charge in [-0.05, 0) is 72.8 Å². The van der Waals surface area contributed by atoms with Crippen LogP contribution in [0.25, 0.3) is 28.3 Å². The van der Waals surface area contributed by atoms with Gasteiger partial charge in [0.2, 0.25) is 5.95 Å². The Kier molecular flexibility index (Phi) is 6.89. The minimum absolute atomic E-state index is 0.349. The first-order valence-electron chi connectivity index (χ1n) is 12.6. The zero-order chi connectivity index (χ0) is 25.9. The lowest BCUT2D eigenvalue weighted by molar-refractivity contribution is -0.115. The minimum atomic E-state index is -0.385. The number of carbonyl (C=O) groups excluding carboxylic acids is 2. The summed E-state index contributed by atoms with van der Waals surface area (Å²) in [6.45, 7) is 3.30. The third kappa shape index (κ3) is 5.32. The van der Waals surface area contributed by atoms with E-state index < -0.39 is 0 Å². The normalized spacial score (nSPS) is 17.5. The lowest BCUT2D eigenvalue weighted by Crippen LogP contribution is -2.38. The number of aromatic nitrogens is 3. The molecule has 2 fully saturated rings. The molecule has 0 spiro atoms. The number of carbonyl (C=O) groups is 2. The van der Waals surface area contributed by atoms with Gasteiger partial charge >= 0.3 is 0 Å². The van der Waals surface area contributed by atoms with Crippen LogP contribution in [-0.2, 0) is 11.3 Å². The number of imide groups is 1. The van der Waals surface area contributed by atoms with Crippen molar-refractivity contribution in [3.8, 4) is 11.5 Å². The molecule has 192 valence electrons.